The van der Waals surface area contributed by atoms with Crippen molar-refractivity contribution in [2.24, 2.45) is 11.3 Å². The fourth-order valence-electron chi connectivity index (χ4n) is 2.70. The van der Waals surface area contributed by atoms with Crippen LogP contribution < -0.4 is 0 Å². The molecule has 0 aliphatic heterocycles. The normalized spacial score (nSPS) is 11.2. The molecule has 0 rings (SSSR count). The maximum absolute atomic E-state index is 9.29. The molecule has 0 N–H and O–H groups in total. The van der Waals surface area contributed by atoms with Gasteiger partial charge in [-0.15, -0.1) is 0 Å². The van der Waals surface area contributed by atoms with Crippen LogP contribution >= 0.6 is 0 Å². The van der Waals surface area contributed by atoms with Crippen molar-refractivity contribution in [3.8, 4) is 12.1 Å². The number of hydrogen-bond donors (Lipinski definition) is 0. The van der Waals surface area contributed by atoms with E-state index in [2.05, 4.69) is 32.9 Å². The van der Waals surface area contributed by atoms with Crippen LogP contribution in [0.1, 0.15) is 78.6 Å². The molecule has 0 aliphatic carbocycles. The van der Waals surface area contributed by atoms with Gasteiger partial charge in [0.1, 0.15) is 5.92 Å². The lowest BCUT2D eigenvalue weighted by Crippen LogP contribution is -2.29. The maximum atomic E-state index is 9.29. The summed E-state index contributed by atoms with van der Waals surface area (Å²) < 4.78 is 0. The van der Waals surface area contributed by atoms with Crippen LogP contribution in [-0.4, -0.2) is 0 Å². The smallest absolute Gasteiger partial charge is 0.138 e. The first-order valence-corrected chi connectivity index (χ1v) is 7.50. The van der Waals surface area contributed by atoms with Crippen molar-refractivity contribution in [2.75, 3.05) is 0 Å². The first-order chi connectivity index (χ1) is 8.70. The third-order valence-electron chi connectivity index (χ3n) is 3.96. The minimum Gasteiger partial charge on any atom is -0.197 e. The standard InChI is InChI=1S/C16H28N2/c1-4-7-10-16(11-8-5-2,12-9-6-3)15(13-17)14-18/h15H,4-12H2,1-3H3. The van der Waals surface area contributed by atoms with Crippen LogP contribution in [0.15, 0.2) is 0 Å². The van der Waals surface area contributed by atoms with E-state index in [9.17, 15) is 10.5 Å². The van der Waals surface area contributed by atoms with Gasteiger partial charge >= 0.3 is 0 Å². The summed E-state index contributed by atoms with van der Waals surface area (Å²) >= 11 is 0. The quantitative estimate of drug-likeness (QED) is 0.533. The molecule has 0 heterocycles. The fourth-order valence-corrected chi connectivity index (χ4v) is 2.70. The summed E-state index contributed by atoms with van der Waals surface area (Å²) in [5.41, 5.74) is -0.0501. The lowest BCUT2D eigenvalue weighted by atomic mass is 9.66. The predicted octanol–water partition coefficient (Wildman–Crippen LogP) is 5.21. The summed E-state index contributed by atoms with van der Waals surface area (Å²) in [4.78, 5) is 0. The molecule has 0 spiro atoms. The molecule has 0 saturated carbocycles. The highest BCUT2D eigenvalue weighted by Gasteiger charge is 2.37. The zero-order chi connectivity index (χ0) is 13.9. The van der Waals surface area contributed by atoms with E-state index in [1.807, 2.05) is 0 Å². The second-order valence-corrected chi connectivity index (χ2v) is 5.36. The average molecular weight is 248 g/mol. The van der Waals surface area contributed by atoms with Gasteiger partial charge in [0.15, 0.2) is 0 Å². The highest BCUT2D eigenvalue weighted by Crippen LogP contribution is 2.43. The molecule has 18 heavy (non-hydrogen) atoms. The molecule has 0 aromatic rings. The Morgan fingerprint density at radius 2 is 1.11 bits per heavy atom. The number of hydrogen-bond acceptors (Lipinski definition) is 2. The monoisotopic (exact) mass is 248 g/mol. The van der Waals surface area contributed by atoms with Crippen LogP contribution in [0.4, 0.5) is 0 Å². The molecular weight excluding hydrogens is 220 g/mol. The van der Waals surface area contributed by atoms with E-state index in [0.29, 0.717) is 0 Å². The van der Waals surface area contributed by atoms with E-state index in [1.54, 1.807) is 0 Å². The average Bonchev–Trinajstić information content (AvgIpc) is 2.41. The molecule has 0 aromatic carbocycles. The zero-order valence-corrected chi connectivity index (χ0v) is 12.3. The van der Waals surface area contributed by atoms with Crippen molar-refractivity contribution in [2.45, 2.75) is 78.6 Å². The molecule has 0 atom stereocenters. The van der Waals surface area contributed by atoms with Crippen LogP contribution in [0.2, 0.25) is 0 Å². The summed E-state index contributed by atoms with van der Waals surface area (Å²) in [6, 6.07) is 4.52. The summed E-state index contributed by atoms with van der Waals surface area (Å²) in [7, 11) is 0. The number of nitriles is 2. The lowest BCUT2D eigenvalue weighted by Gasteiger charge is -2.35. The van der Waals surface area contributed by atoms with E-state index in [4.69, 9.17) is 0 Å². The first-order valence-electron chi connectivity index (χ1n) is 7.50. The number of rotatable bonds is 10. The third kappa shape index (κ3) is 5.09. The Bertz CT molecular complexity index is 247. The second-order valence-electron chi connectivity index (χ2n) is 5.36. The van der Waals surface area contributed by atoms with E-state index < -0.39 is 5.92 Å². The van der Waals surface area contributed by atoms with Crippen molar-refractivity contribution in [1.82, 2.24) is 0 Å². The third-order valence-corrected chi connectivity index (χ3v) is 3.96. The maximum Gasteiger partial charge on any atom is 0.138 e. The van der Waals surface area contributed by atoms with Crippen molar-refractivity contribution in [3.63, 3.8) is 0 Å². The van der Waals surface area contributed by atoms with Crippen LogP contribution in [-0.2, 0) is 0 Å². The molecule has 0 aromatic heterocycles. The summed E-state index contributed by atoms with van der Waals surface area (Å²) in [5, 5.41) is 18.6. The molecular formula is C16H28N2. The van der Waals surface area contributed by atoms with Crippen molar-refractivity contribution in [3.05, 3.63) is 0 Å². The van der Waals surface area contributed by atoms with Gasteiger partial charge < -0.3 is 0 Å². The summed E-state index contributed by atoms with van der Waals surface area (Å²) in [5.74, 6) is -0.429. The predicted molar refractivity (Wildman–Crippen MR) is 75.7 cm³/mol. The SMILES string of the molecule is CCCCC(CCCC)(CCCC)C(C#N)C#N. The number of nitrogens with zero attached hydrogens (tertiary/aromatic N) is 2. The van der Waals surface area contributed by atoms with Crippen LogP contribution in [0.3, 0.4) is 0 Å². The van der Waals surface area contributed by atoms with Gasteiger partial charge in [-0.1, -0.05) is 59.3 Å². The highest BCUT2D eigenvalue weighted by molar-refractivity contribution is 5.09. The lowest BCUT2D eigenvalue weighted by molar-refractivity contribution is 0.166. The van der Waals surface area contributed by atoms with Crippen LogP contribution in [0.25, 0.3) is 0 Å². The summed E-state index contributed by atoms with van der Waals surface area (Å²) in [6.45, 7) is 6.54. The van der Waals surface area contributed by atoms with Crippen molar-refractivity contribution in [1.29, 1.82) is 10.5 Å². The number of unbranched alkanes of at least 4 members (excludes halogenated alkanes) is 3. The van der Waals surface area contributed by atoms with Gasteiger partial charge in [-0.3, -0.25) is 0 Å². The van der Waals surface area contributed by atoms with Gasteiger partial charge in [-0.2, -0.15) is 10.5 Å². The molecule has 0 aliphatic rings. The molecule has 0 saturated heterocycles. The minimum atomic E-state index is -0.429. The Morgan fingerprint density at radius 3 is 1.33 bits per heavy atom. The van der Waals surface area contributed by atoms with Crippen molar-refractivity contribution >= 4 is 0 Å². The molecule has 102 valence electrons. The molecule has 2 nitrogen and oxygen atoms in total. The van der Waals surface area contributed by atoms with E-state index >= 15 is 0 Å². The fraction of sp³-hybridized carbons (Fsp3) is 0.875. The Morgan fingerprint density at radius 1 is 0.778 bits per heavy atom. The largest absolute Gasteiger partial charge is 0.197 e. The molecule has 0 bridgehead atoms. The molecule has 0 fully saturated rings. The van der Waals surface area contributed by atoms with Crippen molar-refractivity contribution < 1.29 is 0 Å². The first kappa shape index (κ1) is 17.0. The van der Waals surface area contributed by atoms with Gasteiger partial charge in [0.05, 0.1) is 12.1 Å². The van der Waals surface area contributed by atoms with E-state index in [0.717, 1.165) is 57.8 Å². The van der Waals surface area contributed by atoms with Gasteiger partial charge in [-0.25, -0.2) is 0 Å². The molecule has 0 radical (unpaired) electrons. The highest BCUT2D eigenvalue weighted by atomic mass is 14.4. The molecule has 0 amide bonds. The van der Waals surface area contributed by atoms with Gasteiger partial charge in [0.2, 0.25) is 0 Å². The van der Waals surface area contributed by atoms with E-state index in [1.165, 1.54) is 0 Å². The van der Waals surface area contributed by atoms with Gasteiger partial charge in [-0.05, 0) is 24.7 Å². The van der Waals surface area contributed by atoms with E-state index in [-0.39, 0.29) is 5.41 Å². The minimum absolute atomic E-state index is 0.0501. The molecule has 0 unspecified atom stereocenters. The molecule has 2 heteroatoms. The topological polar surface area (TPSA) is 47.6 Å². The van der Waals surface area contributed by atoms with Crippen LogP contribution in [0.5, 0.6) is 0 Å². The van der Waals surface area contributed by atoms with Gasteiger partial charge in [0.25, 0.3) is 0 Å². The Labute approximate surface area is 113 Å². The Balaban J connectivity index is 4.98. The Hall–Kier alpha value is -1.02. The second kappa shape index (κ2) is 9.95. The summed E-state index contributed by atoms with van der Waals surface area (Å²) in [6.07, 6.45) is 9.93. The zero-order valence-electron chi connectivity index (χ0n) is 12.3. The van der Waals surface area contributed by atoms with Gasteiger partial charge in [0, 0.05) is 0 Å². The Kier molecular flexibility index (Phi) is 9.39. The van der Waals surface area contributed by atoms with Crippen LogP contribution in [0, 0.1) is 34.0 Å².